The lowest BCUT2D eigenvalue weighted by atomic mass is 10.2. The van der Waals surface area contributed by atoms with E-state index >= 15 is 0 Å². The van der Waals surface area contributed by atoms with Crippen LogP contribution in [0.1, 0.15) is 5.56 Å². The first-order chi connectivity index (χ1) is 6.29. The van der Waals surface area contributed by atoms with Gasteiger partial charge in [0.1, 0.15) is 17.8 Å². The maximum Gasteiger partial charge on any atom is 0.144 e. The van der Waals surface area contributed by atoms with Crippen LogP contribution in [0.15, 0.2) is 23.2 Å². The Balaban J connectivity index is 3.07. The van der Waals surface area contributed by atoms with E-state index in [4.69, 9.17) is 9.94 Å². The van der Waals surface area contributed by atoms with E-state index in [0.717, 1.165) is 5.56 Å². The molecule has 0 bridgehead atoms. The van der Waals surface area contributed by atoms with Crippen molar-refractivity contribution >= 4 is 12.0 Å². The number of aryl methyl sites for hydroxylation is 1. The quantitative estimate of drug-likeness (QED) is 0.422. The second kappa shape index (κ2) is 4.47. The summed E-state index contributed by atoms with van der Waals surface area (Å²) < 4.78 is 5.10. The standard InChI is InChI=1S/C9H12N2O2/c1-7-4-3-5-8(13-2)9(7)10-6-11-12/h3-6,12H,1-2H3,(H,10,11). The maximum absolute atomic E-state index is 8.34. The summed E-state index contributed by atoms with van der Waals surface area (Å²) >= 11 is 0. The Morgan fingerprint density at radius 2 is 2.31 bits per heavy atom. The molecule has 0 atom stereocenters. The predicted molar refractivity (Wildman–Crippen MR) is 50.8 cm³/mol. The molecule has 4 nitrogen and oxygen atoms in total. The van der Waals surface area contributed by atoms with Gasteiger partial charge in [0.25, 0.3) is 0 Å². The third-order valence-corrected chi connectivity index (χ3v) is 1.67. The number of para-hydroxylation sites is 1. The highest BCUT2D eigenvalue weighted by atomic mass is 16.5. The van der Waals surface area contributed by atoms with Gasteiger partial charge in [0.15, 0.2) is 0 Å². The number of nitrogens with zero attached hydrogens (tertiary/aromatic N) is 1. The average Bonchev–Trinajstić information content (AvgIpc) is 2.15. The van der Waals surface area contributed by atoms with E-state index in [1.807, 2.05) is 30.6 Å². The third kappa shape index (κ3) is 2.19. The van der Waals surface area contributed by atoms with Gasteiger partial charge >= 0.3 is 0 Å². The third-order valence-electron chi connectivity index (χ3n) is 1.67. The van der Waals surface area contributed by atoms with Crippen LogP contribution in [0, 0.1) is 6.92 Å². The Labute approximate surface area is 76.8 Å². The number of methoxy groups -OCH3 is 1. The highest BCUT2D eigenvalue weighted by molar-refractivity contribution is 5.66. The molecule has 0 fully saturated rings. The van der Waals surface area contributed by atoms with Crippen molar-refractivity contribution in [3.8, 4) is 5.75 Å². The molecule has 1 aromatic carbocycles. The number of rotatable bonds is 3. The minimum Gasteiger partial charge on any atom is -0.494 e. The lowest BCUT2D eigenvalue weighted by Gasteiger charge is -2.05. The van der Waals surface area contributed by atoms with E-state index in [-0.39, 0.29) is 0 Å². The molecule has 0 aliphatic heterocycles. The monoisotopic (exact) mass is 180 g/mol. The smallest absolute Gasteiger partial charge is 0.144 e. The van der Waals surface area contributed by atoms with Crippen molar-refractivity contribution in [1.29, 1.82) is 0 Å². The van der Waals surface area contributed by atoms with Crippen molar-refractivity contribution in [1.82, 2.24) is 5.48 Å². The van der Waals surface area contributed by atoms with E-state index < -0.39 is 0 Å². The molecule has 1 aromatic rings. The molecule has 0 heterocycles. The van der Waals surface area contributed by atoms with Crippen LogP contribution in [0.2, 0.25) is 0 Å². The van der Waals surface area contributed by atoms with Crippen LogP contribution in [0.25, 0.3) is 0 Å². The zero-order chi connectivity index (χ0) is 9.68. The van der Waals surface area contributed by atoms with Crippen LogP contribution in [-0.2, 0) is 0 Å². The van der Waals surface area contributed by atoms with Gasteiger partial charge < -0.3 is 4.74 Å². The van der Waals surface area contributed by atoms with Crippen LogP contribution in [-0.4, -0.2) is 18.7 Å². The summed E-state index contributed by atoms with van der Waals surface area (Å²) in [4.78, 5) is 3.98. The molecule has 0 aliphatic carbocycles. The van der Waals surface area contributed by atoms with Gasteiger partial charge in [-0.25, -0.2) is 4.99 Å². The van der Waals surface area contributed by atoms with Gasteiger partial charge in [-0.1, -0.05) is 12.1 Å². The number of hydroxylamine groups is 1. The fourth-order valence-corrected chi connectivity index (χ4v) is 1.06. The lowest BCUT2D eigenvalue weighted by Crippen LogP contribution is -2.01. The Hall–Kier alpha value is -1.55. The van der Waals surface area contributed by atoms with E-state index in [9.17, 15) is 0 Å². The van der Waals surface area contributed by atoms with Gasteiger partial charge in [-0.2, -0.15) is 0 Å². The molecule has 0 amide bonds. The molecule has 2 N–H and O–H groups in total. The fourth-order valence-electron chi connectivity index (χ4n) is 1.06. The molecule has 0 saturated carbocycles. The van der Waals surface area contributed by atoms with Crippen LogP contribution in [0.4, 0.5) is 5.69 Å². The summed E-state index contributed by atoms with van der Waals surface area (Å²) in [5, 5.41) is 8.34. The molecule has 0 unspecified atom stereocenters. The minimum absolute atomic E-state index is 0.687. The van der Waals surface area contributed by atoms with Gasteiger partial charge in [0, 0.05) is 0 Å². The number of ether oxygens (including phenoxy) is 1. The van der Waals surface area contributed by atoms with Crippen molar-refractivity contribution < 1.29 is 9.94 Å². The summed E-state index contributed by atoms with van der Waals surface area (Å²) in [6.45, 7) is 1.92. The Morgan fingerprint density at radius 1 is 1.54 bits per heavy atom. The SMILES string of the molecule is COc1cccc(C)c1N=CNO. The van der Waals surface area contributed by atoms with Crippen LogP contribution in [0.5, 0.6) is 5.75 Å². The van der Waals surface area contributed by atoms with Gasteiger partial charge in [-0.3, -0.25) is 10.7 Å². The largest absolute Gasteiger partial charge is 0.494 e. The van der Waals surface area contributed by atoms with Gasteiger partial charge in [-0.15, -0.1) is 0 Å². The number of aliphatic imine (C=N–C) groups is 1. The second-order valence-electron chi connectivity index (χ2n) is 2.51. The molecular formula is C9H12N2O2. The van der Waals surface area contributed by atoms with Crippen LogP contribution < -0.4 is 10.2 Å². The molecule has 13 heavy (non-hydrogen) atoms. The summed E-state index contributed by atoms with van der Waals surface area (Å²) in [7, 11) is 1.58. The Morgan fingerprint density at radius 3 is 2.92 bits per heavy atom. The van der Waals surface area contributed by atoms with E-state index in [1.54, 1.807) is 7.11 Å². The molecule has 0 aromatic heterocycles. The predicted octanol–water partition coefficient (Wildman–Crippen LogP) is 1.64. The van der Waals surface area contributed by atoms with Crippen molar-refractivity contribution in [2.24, 2.45) is 4.99 Å². The first-order valence-corrected chi connectivity index (χ1v) is 3.85. The first-order valence-electron chi connectivity index (χ1n) is 3.85. The zero-order valence-electron chi connectivity index (χ0n) is 7.61. The van der Waals surface area contributed by atoms with Crippen LogP contribution in [0.3, 0.4) is 0 Å². The van der Waals surface area contributed by atoms with Crippen molar-refractivity contribution in [2.45, 2.75) is 6.92 Å². The number of hydrogen-bond donors (Lipinski definition) is 2. The van der Waals surface area contributed by atoms with Crippen LogP contribution >= 0.6 is 0 Å². The molecule has 0 radical (unpaired) electrons. The van der Waals surface area contributed by atoms with Gasteiger partial charge in [0.05, 0.1) is 7.11 Å². The van der Waals surface area contributed by atoms with Crippen molar-refractivity contribution in [3.63, 3.8) is 0 Å². The Bertz CT molecular complexity index is 310. The topological polar surface area (TPSA) is 53.8 Å². The number of hydrogen-bond acceptors (Lipinski definition) is 3. The maximum atomic E-state index is 8.34. The van der Waals surface area contributed by atoms with E-state index in [2.05, 4.69) is 4.99 Å². The molecule has 0 aliphatic rings. The highest BCUT2D eigenvalue weighted by Crippen LogP contribution is 2.29. The zero-order valence-corrected chi connectivity index (χ0v) is 7.61. The average molecular weight is 180 g/mol. The molecule has 4 heteroatoms. The molecular weight excluding hydrogens is 168 g/mol. The summed E-state index contributed by atoms with van der Waals surface area (Å²) in [5.41, 5.74) is 3.55. The molecule has 1 rings (SSSR count). The number of nitrogens with one attached hydrogen (secondary N) is 1. The lowest BCUT2D eigenvalue weighted by molar-refractivity contribution is 0.240. The Kier molecular flexibility index (Phi) is 3.28. The second-order valence-corrected chi connectivity index (χ2v) is 2.51. The number of benzene rings is 1. The summed E-state index contributed by atoms with van der Waals surface area (Å²) in [6, 6.07) is 5.63. The summed E-state index contributed by atoms with van der Waals surface area (Å²) in [5.74, 6) is 0.687. The highest BCUT2D eigenvalue weighted by Gasteiger charge is 2.02. The normalized spacial score (nSPS) is 10.4. The minimum atomic E-state index is 0.687. The molecule has 0 saturated heterocycles. The fraction of sp³-hybridized carbons (Fsp3) is 0.222. The van der Waals surface area contributed by atoms with Gasteiger partial charge in [-0.05, 0) is 18.6 Å². The molecule has 0 spiro atoms. The molecule has 70 valence electrons. The van der Waals surface area contributed by atoms with Gasteiger partial charge in [0.2, 0.25) is 0 Å². The first kappa shape index (κ1) is 9.54. The van der Waals surface area contributed by atoms with E-state index in [1.165, 1.54) is 6.34 Å². The van der Waals surface area contributed by atoms with Crippen molar-refractivity contribution in [3.05, 3.63) is 23.8 Å². The summed E-state index contributed by atoms with van der Waals surface area (Å²) in [6.07, 6.45) is 1.20. The van der Waals surface area contributed by atoms with Crippen molar-refractivity contribution in [2.75, 3.05) is 7.11 Å². The van der Waals surface area contributed by atoms with E-state index in [0.29, 0.717) is 11.4 Å².